The second-order valence-corrected chi connectivity index (χ2v) is 8.39. The molecule has 3 heteroatoms. The molecule has 0 spiro atoms. The van der Waals surface area contributed by atoms with E-state index >= 15 is 0 Å². The van der Waals surface area contributed by atoms with Gasteiger partial charge in [-0.25, -0.2) is 0 Å². The Bertz CT molecular complexity index is 441. The van der Waals surface area contributed by atoms with Gasteiger partial charge in [0.1, 0.15) is 0 Å². The quantitative estimate of drug-likeness (QED) is 0.487. The number of rotatable bonds is 6. The van der Waals surface area contributed by atoms with Crippen molar-refractivity contribution >= 4 is 38.5 Å². The zero-order valence-corrected chi connectivity index (χ0v) is 16.9. The van der Waals surface area contributed by atoms with Crippen LogP contribution in [0.3, 0.4) is 0 Å². The summed E-state index contributed by atoms with van der Waals surface area (Å²) >= 11 is 6.20. The second kappa shape index (κ2) is 8.88. The van der Waals surface area contributed by atoms with Gasteiger partial charge in [0.25, 0.3) is 0 Å². The van der Waals surface area contributed by atoms with Crippen LogP contribution >= 0.6 is 38.5 Å². The highest BCUT2D eigenvalue weighted by molar-refractivity contribution is 14.1. The summed E-state index contributed by atoms with van der Waals surface area (Å²) in [4.78, 5) is 0. The first-order chi connectivity index (χ1) is 10.2. The van der Waals surface area contributed by atoms with Crippen LogP contribution in [-0.4, -0.2) is 6.54 Å². The molecule has 1 aromatic rings. The van der Waals surface area contributed by atoms with Gasteiger partial charge in [-0.3, -0.25) is 0 Å². The Morgan fingerprint density at radius 2 is 1.95 bits per heavy atom. The van der Waals surface area contributed by atoms with Gasteiger partial charge in [0.15, 0.2) is 0 Å². The lowest BCUT2D eigenvalue weighted by molar-refractivity contribution is 0.218. The lowest BCUT2D eigenvalue weighted by Gasteiger charge is -2.35. The summed E-state index contributed by atoms with van der Waals surface area (Å²) in [6.07, 6.45) is 8.12. The highest BCUT2D eigenvalue weighted by Crippen LogP contribution is 2.40. The van der Waals surface area contributed by atoms with E-state index in [1.165, 1.54) is 52.1 Å². The molecule has 0 aromatic heterocycles. The van der Waals surface area contributed by atoms with Crippen molar-refractivity contribution in [2.24, 2.45) is 11.8 Å². The van der Waals surface area contributed by atoms with Gasteiger partial charge in [0.05, 0.1) is 0 Å². The number of benzene rings is 1. The summed E-state index contributed by atoms with van der Waals surface area (Å²) in [6, 6.07) is 7.24. The molecule has 1 aliphatic carbocycles. The number of hydrogen-bond acceptors (Lipinski definition) is 1. The average molecular weight is 464 g/mol. The predicted molar refractivity (Wildman–Crippen MR) is 104 cm³/mol. The molecule has 1 N–H and O–H groups in total. The molecule has 1 nitrogen and oxygen atoms in total. The minimum atomic E-state index is 0.506. The van der Waals surface area contributed by atoms with Gasteiger partial charge in [0, 0.05) is 14.1 Å². The van der Waals surface area contributed by atoms with Crippen molar-refractivity contribution in [3.63, 3.8) is 0 Å². The van der Waals surface area contributed by atoms with Crippen LogP contribution in [-0.2, 0) is 0 Å². The third kappa shape index (κ3) is 4.93. The lowest BCUT2D eigenvalue weighted by atomic mass is 9.76. The Morgan fingerprint density at radius 1 is 1.24 bits per heavy atom. The first-order valence-electron chi connectivity index (χ1n) is 8.34. The summed E-state index contributed by atoms with van der Waals surface area (Å²) < 4.78 is 2.59. The molecule has 1 aromatic carbocycles. The minimum absolute atomic E-state index is 0.506. The summed E-state index contributed by atoms with van der Waals surface area (Å²) in [6.45, 7) is 5.70. The molecule has 0 bridgehead atoms. The Balaban J connectivity index is 2.16. The maximum Gasteiger partial charge on any atom is 0.0360 e. The van der Waals surface area contributed by atoms with E-state index in [1.54, 1.807) is 0 Å². The van der Waals surface area contributed by atoms with Crippen LogP contribution in [0.25, 0.3) is 0 Å². The van der Waals surface area contributed by atoms with E-state index in [1.807, 2.05) is 0 Å². The maximum atomic E-state index is 3.82. The van der Waals surface area contributed by atoms with E-state index in [4.69, 9.17) is 0 Å². The SMILES string of the molecule is CCCNC(c1cc(I)ccc1Br)C1CCC(CC)CC1. The first kappa shape index (κ1) is 17.7. The molecule has 0 saturated heterocycles. The van der Waals surface area contributed by atoms with Crippen LogP contribution in [0.4, 0.5) is 0 Å². The van der Waals surface area contributed by atoms with E-state index in [-0.39, 0.29) is 0 Å². The fourth-order valence-corrected chi connectivity index (χ4v) is 4.52. The van der Waals surface area contributed by atoms with E-state index in [0.717, 1.165) is 18.4 Å². The third-order valence-corrected chi connectivity index (χ3v) is 6.24. The normalized spacial score (nSPS) is 24.0. The molecule has 0 heterocycles. The van der Waals surface area contributed by atoms with Gasteiger partial charge < -0.3 is 5.32 Å². The summed E-state index contributed by atoms with van der Waals surface area (Å²) in [5, 5.41) is 3.82. The molecule has 21 heavy (non-hydrogen) atoms. The molecule has 1 fully saturated rings. The zero-order chi connectivity index (χ0) is 15.2. The molecule has 2 rings (SSSR count). The van der Waals surface area contributed by atoms with Gasteiger partial charge in [-0.05, 0) is 84.0 Å². The van der Waals surface area contributed by atoms with Gasteiger partial charge in [-0.2, -0.15) is 0 Å². The largest absolute Gasteiger partial charge is 0.310 e. The number of nitrogens with one attached hydrogen (secondary N) is 1. The van der Waals surface area contributed by atoms with Crippen molar-refractivity contribution < 1.29 is 0 Å². The molecule has 1 aliphatic rings. The minimum Gasteiger partial charge on any atom is -0.310 e. The topological polar surface area (TPSA) is 12.0 Å². The molecule has 0 radical (unpaired) electrons. The van der Waals surface area contributed by atoms with Crippen LogP contribution in [0, 0.1) is 15.4 Å². The summed E-state index contributed by atoms with van der Waals surface area (Å²) in [7, 11) is 0. The van der Waals surface area contributed by atoms with Crippen LogP contribution in [0.5, 0.6) is 0 Å². The highest BCUT2D eigenvalue weighted by atomic mass is 127. The van der Waals surface area contributed by atoms with Gasteiger partial charge in [-0.1, -0.05) is 49.0 Å². The standard InChI is InChI=1S/C18H27BrIN/c1-3-11-21-18(14-7-5-13(4-2)6-8-14)16-12-15(20)9-10-17(16)19/h9-10,12-14,18,21H,3-8,11H2,1-2H3. The highest BCUT2D eigenvalue weighted by Gasteiger charge is 2.28. The van der Waals surface area contributed by atoms with Crippen LogP contribution in [0.15, 0.2) is 22.7 Å². The first-order valence-corrected chi connectivity index (χ1v) is 10.2. The molecule has 1 atom stereocenters. The van der Waals surface area contributed by atoms with Crippen molar-refractivity contribution in [3.8, 4) is 0 Å². The Kier molecular flexibility index (Phi) is 7.50. The smallest absolute Gasteiger partial charge is 0.0360 e. The fourth-order valence-electron chi connectivity index (χ4n) is 3.51. The number of halogens is 2. The van der Waals surface area contributed by atoms with Gasteiger partial charge in [0.2, 0.25) is 0 Å². The molecule has 1 unspecified atom stereocenters. The van der Waals surface area contributed by atoms with Crippen LogP contribution in [0.2, 0.25) is 0 Å². The van der Waals surface area contributed by atoms with Crippen molar-refractivity contribution in [2.75, 3.05) is 6.54 Å². The van der Waals surface area contributed by atoms with E-state index in [9.17, 15) is 0 Å². The second-order valence-electron chi connectivity index (χ2n) is 6.29. The monoisotopic (exact) mass is 463 g/mol. The van der Waals surface area contributed by atoms with Crippen molar-refractivity contribution in [3.05, 3.63) is 31.8 Å². The van der Waals surface area contributed by atoms with E-state index < -0.39 is 0 Å². The lowest BCUT2D eigenvalue weighted by Crippen LogP contribution is -2.32. The zero-order valence-electron chi connectivity index (χ0n) is 13.2. The van der Waals surface area contributed by atoms with Gasteiger partial charge >= 0.3 is 0 Å². The summed E-state index contributed by atoms with van der Waals surface area (Å²) in [5.74, 6) is 1.75. The third-order valence-electron chi connectivity index (χ3n) is 4.85. The Morgan fingerprint density at radius 3 is 2.57 bits per heavy atom. The van der Waals surface area contributed by atoms with Crippen LogP contribution in [0.1, 0.15) is 64.0 Å². The summed E-state index contributed by atoms with van der Waals surface area (Å²) in [5.41, 5.74) is 1.45. The van der Waals surface area contributed by atoms with Crippen molar-refractivity contribution in [1.82, 2.24) is 5.32 Å². The van der Waals surface area contributed by atoms with Crippen LogP contribution < -0.4 is 5.32 Å². The average Bonchev–Trinajstić information content (AvgIpc) is 2.51. The molecule has 118 valence electrons. The number of hydrogen-bond donors (Lipinski definition) is 1. The fraction of sp³-hybridized carbons (Fsp3) is 0.667. The molecule has 1 saturated carbocycles. The molecule has 0 aliphatic heterocycles. The predicted octanol–water partition coefficient (Wildman–Crippen LogP) is 6.31. The van der Waals surface area contributed by atoms with Crippen molar-refractivity contribution in [1.29, 1.82) is 0 Å². The maximum absolute atomic E-state index is 3.82. The van der Waals surface area contributed by atoms with Crippen molar-refractivity contribution in [2.45, 2.75) is 58.4 Å². The molecular formula is C18H27BrIN. The van der Waals surface area contributed by atoms with Gasteiger partial charge in [-0.15, -0.1) is 0 Å². The molecule has 0 amide bonds. The Labute approximate surface area is 151 Å². The molecular weight excluding hydrogens is 437 g/mol. The van der Waals surface area contributed by atoms with E-state index in [2.05, 4.69) is 75.9 Å². The Hall–Kier alpha value is 0.390. The van der Waals surface area contributed by atoms with E-state index in [0.29, 0.717) is 6.04 Å².